The third-order valence-corrected chi connectivity index (χ3v) is 3.61. The fraction of sp³-hybridized carbons (Fsp3) is 0.667. The van der Waals surface area contributed by atoms with E-state index < -0.39 is 0 Å². The average molecular weight is 208 g/mol. The monoisotopic (exact) mass is 208 g/mol. The number of β-amino-alcohol motifs (C(OH)–C–C–N with tert-alkyl or cyclic N) is 1. The fourth-order valence-corrected chi connectivity index (χ4v) is 2.02. The van der Waals surface area contributed by atoms with Crippen molar-refractivity contribution in [1.29, 1.82) is 0 Å². The third kappa shape index (κ3) is 1.87. The number of aliphatic hydroxyl groups excluding tert-OH is 1. The third-order valence-electron chi connectivity index (χ3n) is 3.61. The quantitative estimate of drug-likeness (QED) is 0.510. The molecule has 0 saturated carbocycles. The van der Waals surface area contributed by atoms with Crippen molar-refractivity contribution in [2.24, 2.45) is 11.1 Å². The van der Waals surface area contributed by atoms with Crippen LogP contribution >= 0.6 is 0 Å². The molecule has 2 aliphatic carbocycles. The van der Waals surface area contributed by atoms with Gasteiger partial charge in [0.05, 0.1) is 11.6 Å². The molecule has 3 aliphatic rings. The van der Waals surface area contributed by atoms with Crippen LogP contribution in [0.3, 0.4) is 0 Å². The first-order chi connectivity index (χ1) is 7.06. The number of nitrogens with two attached hydrogens (primary N) is 1. The molecule has 0 spiro atoms. The minimum absolute atomic E-state index is 0.0625. The predicted molar refractivity (Wildman–Crippen MR) is 61.4 cm³/mol. The Morgan fingerprint density at radius 3 is 2.07 bits per heavy atom. The number of piperidine rings is 1. The highest BCUT2D eigenvalue weighted by Gasteiger charge is 2.50. The van der Waals surface area contributed by atoms with Crippen LogP contribution in [0.15, 0.2) is 24.3 Å². The van der Waals surface area contributed by atoms with E-state index in [1.165, 1.54) is 0 Å². The average Bonchev–Trinajstić information content (AvgIpc) is 2.27. The summed E-state index contributed by atoms with van der Waals surface area (Å²) >= 11 is 0. The lowest BCUT2D eigenvalue weighted by Gasteiger charge is -2.52. The van der Waals surface area contributed by atoms with E-state index in [1.54, 1.807) is 0 Å². The van der Waals surface area contributed by atoms with Gasteiger partial charge in [0.1, 0.15) is 0 Å². The van der Waals surface area contributed by atoms with Crippen LogP contribution in [0.5, 0.6) is 0 Å². The molecule has 1 atom stereocenters. The topological polar surface area (TPSA) is 58.3 Å². The van der Waals surface area contributed by atoms with E-state index in [9.17, 15) is 0 Å². The predicted octanol–water partition coefficient (Wildman–Crippen LogP) is 0.560. The fourth-order valence-electron chi connectivity index (χ4n) is 2.02. The molecule has 1 saturated heterocycles. The van der Waals surface area contributed by atoms with Crippen molar-refractivity contribution in [2.45, 2.75) is 31.4 Å². The van der Waals surface area contributed by atoms with Gasteiger partial charge >= 0.3 is 0 Å². The number of aliphatic hydroxyl groups is 1. The summed E-state index contributed by atoms with van der Waals surface area (Å²) in [6, 6.07) is 0. The van der Waals surface area contributed by atoms with Crippen molar-refractivity contribution in [2.75, 3.05) is 13.1 Å². The molecule has 84 valence electrons. The second-order valence-electron chi connectivity index (χ2n) is 4.88. The molecule has 4 N–H and O–H groups in total. The van der Waals surface area contributed by atoms with Crippen molar-refractivity contribution >= 4 is 0 Å². The molecular weight excluding hydrogens is 188 g/mol. The first kappa shape index (κ1) is 10.9. The van der Waals surface area contributed by atoms with Gasteiger partial charge in [-0.25, -0.2) is 0 Å². The van der Waals surface area contributed by atoms with E-state index in [0.29, 0.717) is 0 Å². The van der Waals surface area contributed by atoms with E-state index in [0.717, 1.165) is 25.9 Å². The molecule has 15 heavy (non-hydrogen) atoms. The highest BCUT2D eigenvalue weighted by molar-refractivity contribution is 5.49. The van der Waals surface area contributed by atoms with Crippen LogP contribution in [0.25, 0.3) is 0 Å². The lowest BCUT2D eigenvalue weighted by molar-refractivity contribution is 0.142. The van der Waals surface area contributed by atoms with Gasteiger partial charge in [-0.15, -0.1) is 0 Å². The summed E-state index contributed by atoms with van der Waals surface area (Å²) in [6.07, 6.45) is 10.4. The molecule has 0 aromatic carbocycles. The van der Waals surface area contributed by atoms with Crippen molar-refractivity contribution in [3.05, 3.63) is 24.3 Å². The van der Waals surface area contributed by atoms with Gasteiger partial charge in [0.15, 0.2) is 0 Å². The number of hydrogen-bond acceptors (Lipinski definition) is 3. The Bertz CT molecular complexity index is 256. The first-order valence-electron chi connectivity index (χ1n) is 5.64. The van der Waals surface area contributed by atoms with Crippen LogP contribution in [0.1, 0.15) is 19.8 Å². The zero-order valence-corrected chi connectivity index (χ0v) is 9.24. The molecule has 0 bridgehead atoms. The summed E-state index contributed by atoms with van der Waals surface area (Å²) in [6.45, 7) is 4.02. The van der Waals surface area contributed by atoms with Gasteiger partial charge in [-0.2, -0.15) is 0 Å². The standard InChI is InChI=1S/C7H9N.C5H11NO/c1-6-2-4-7(6,8)5-3-6;7-5-2-1-3-6-4-5/h2-5H,8H2,1H3;5-7H,1-4H2. The van der Waals surface area contributed by atoms with Crippen molar-refractivity contribution in [3.8, 4) is 0 Å². The van der Waals surface area contributed by atoms with Crippen LogP contribution in [-0.4, -0.2) is 29.8 Å². The molecule has 1 aliphatic heterocycles. The SMILES string of the molecule is CC12C=CC1(N)C=C2.OC1CCCNC1. The molecule has 0 aromatic rings. The van der Waals surface area contributed by atoms with Gasteiger partial charge in [0.2, 0.25) is 0 Å². The molecule has 3 nitrogen and oxygen atoms in total. The van der Waals surface area contributed by atoms with Gasteiger partial charge in [0.25, 0.3) is 0 Å². The van der Waals surface area contributed by atoms with E-state index in [1.807, 2.05) is 12.2 Å². The van der Waals surface area contributed by atoms with Crippen LogP contribution in [0, 0.1) is 5.41 Å². The maximum absolute atomic E-state index is 8.85. The van der Waals surface area contributed by atoms with Crippen LogP contribution in [-0.2, 0) is 0 Å². The van der Waals surface area contributed by atoms with Crippen LogP contribution < -0.4 is 11.1 Å². The van der Waals surface area contributed by atoms with Crippen molar-refractivity contribution in [1.82, 2.24) is 5.32 Å². The van der Waals surface area contributed by atoms with E-state index in [4.69, 9.17) is 10.8 Å². The second kappa shape index (κ2) is 3.74. The summed E-state index contributed by atoms with van der Waals surface area (Å²) in [5, 5.41) is 11.9. The molecule has 1 unspecified atom stereocenters. The molecule has 1 heterocycles. The summed E-state index contributed by atoms with van der Waals surface area (Å²) in [5.74, 6) is 0. The Balaban J connectivity index is 0.000000115. The van der Waals surface area contributed by atoms with Gasteiger partial charge < -0.3 is 16.2 Å². The minimum Gasteiger partial charge on any atom is -0.392 e. The summed E-state index contributed by atoms with van der Waals surface area (Å²) in [5.41, 5.74) is 5.97. The van der Waals surface area contributed by atoms with Gasteiger partial charge in [-0.1, -0.05) is 31.2 Å². The zero-order chi connectivity index (χ0) is 10.9. The van der Waals surface area contributed by atoms with E-state index >= 15 is 0 Å². The lowest BCUT2D eigenvalue weighted by atomic mass is 9.55. The van der Waals surface area contributed by atoms with Crippen molar-refractivity contribution in [3.63, 3.8) is 0 Å². The largest absolute Gasteiger partial charge is 0.392 e. The Morgan fingerprint density at radius 1 is 1.33 bits per heavy atom. The number of nitrogens with one attached hydrogen (secondary N) is 1. The smallest absolute Gasteiger partial charge is 0.0665 e. The second-order valence-corrected chi connectivity index (χ2v) is 4.88. The normalized spacial score (nSPS) is 45.7. The summed E-state index contributed by atoms with van der Waals surface area (Å²) in [4.78, 5) is 0. The zero-order valence-electron chi connectivity index (χ0n) is 9.24. The number of rotatable bonds is 0. The molecule has 0 radical (unpaired) electrons. The van der Waals surface area contributed by atoms with E-state index in [-0.39, 0.29) is 17.1 Å². The van der Waals surface area contributed by atoms with Crippen molar-refractivity contribution < 1.29 is 5.11 Å². The first-order valence-corrected chi connectivity index (χ1v) is 5.64. The van der Waals surface area contributed by atoms with Crippen LogP contribution in [0.2, 0.25) is 0 Å². The summed E-state index contributed by atoms with van der Waals surface area (Å²) in [7, 11) is 0. The molecular formula is C12H20N2O. The van der Waals surface area contributed by atoms with Gasteiger partial charge in [-0.3, -0.25) is 0 Å². The maximum atomic E-state index is 8.85. The molecule has 0 aromatic heterocycles. The highest BCUT2D eigenvalue weighted by Crippen LogP contribution is 2.50. The lowest BCUT2D eigenvalue weighted by Crippen LogP contribution is -2.60. The maximum Gasteiger partial charge on any atom is 0.0665 e. The number of fused-ring (bicyclic) bond motifs is 1. The van der Waals surface area contributed by atoms with Gasteiger partial charge in [0, 0.05) is 12.0 Å². The Kier molecular flexibility index (Phi) is 2.71. The molecule has 1 fully saturated rings. The van der Waals surface area contributed by atoms with Crippen LogP contribution in [0.4, 0.5) is 0 Å². The molecule has 3 rings (SSSR count). The molecule has 3 heteroatoms. The van der Waals surface area contributed by atoms with Gasteiger partial charge in [-0.05, 0) is 19.4 Å². The Labute approximate surface area is 91.0 Å². The summed E-state index contributed by atoms with van der Waals surface area (Å²) < 4.78 is 0. The Morgan fingerprint density at radius 2 is 1.93 bits per heavy atom. The highest BCUT2D eigenvalue weighted by atomic mass is 16.3. The molecule has 0 amide bonds. The number of hydrogen-bond donors (Lipinski definition) is 3. The Hall–Kier alpha value is -0.640. The van der Waals surface area contributed by atoms with E-state index in [2.05, 4.69) is 24.4 Å². The minimum atomic E-state index is -0.0752.